The Labute approximate surface area is 182 Å². The number of aromatic nitrogens is 1. The number of hydrogen-bond acceptors (Lipinski definition) is 5. The van der Waals surface area contributed by atoms with Crippen molar-refractivity contribution in [1.82, 2.24) is 14.2 Å². The van der Waals surface area contributed by atoms with E-state index in [4.69, 9.17) is 10.2 Å². The largest absolute Gasteiger partial charge is 0.481 e. The van der Waals surface area contributed by atoms with E-state index in [0.29, 0.717) is 13.1 Å². The van der Waals surface area contributed by atoms with Gasteiger partial charge in [0.05, 0.1) is 18.6 Å². The molecule has 2 heterocycles. The van der Waals surface area contributed by atoms with E-state index in [2.05, 4.69) is 24.0 Å². The summed E-state index contributed by atoms with van der Waals surface area (Å²) in [5.74, 6) is -2.05. The molecule has 172 valence electrons. The van der Waals surface area contributed by atoms with Gasteiger partial charge in [0.15, 0.2) is 0 Å². The molecule has 0 aliphatic carbocycles. The zero-order valence-corrected chi connectivity index (χ0v) is 18.8. The Morgan fingerprint density at radius 2 is 1.71 bits per heavy atom. The zero-order chi connectivity index (χ0) is 23.0. The van der Waals surface area contributed by atoms with Crippen molar-refractivity contribution in [2.45, 2.75) is 37.9 Å². The van der Waals surface area contributed by atoms with Gasteiger partial charge in [-0.3, -0.25) is 9.59 Å². The van der Waals surface area contributed by atoms with Crippen molar-refractivity contribution in [2.24, 2.45) is 0 Å². The SMILES string of the molecule is CN(C)CCc1c[nH]c2ccc(CS(=O)(=O)N3CCCC3)cc12.O=C(O)CCC(=O)O. The van der Waals surface area contributed by atoms with Crippen molar-refractivity contribution < 1.29 is 28.2 Å². The Hall–Kier alpha value is -2.43. The molecule has 1 aliphatic rings. The number of H-pyrrole nitrogens is 1. The number of rotatable bonds is 9. The fraction of sp³-hybridized carbons (Fsp3) is 0.524. The van der Waals surface area contributed by atoms with E-state index in [1.165, 1.54) is 5.56 Å². The number of benzene rings is 1. The quantitative estimate of drug-likeness (QED) is 0.530. The van der Waals surface area contributed by atoms with E-state index >= 15 is 0 Å². The van der Waals surface area contributed by atoms with Crippen molar-refractivity contribution in [3.63, 3.8) is 0 Å². The van der Waals surface area contributed by atoms with Gasteiger partial charge in [-0.25, -0.2) is 12.7 Å². The van der Waals surface area contributed by atoms with Crippen LogP contribution in [0.2, 0.25) is 0 Å². The van der Waals surface area contributed by atoms with Gasteiger partial charge in [-0.2, -0.15) is 0 Å². The molecule has 0 bridgehead atoms. The number of aliphatic carboxylic acids is 2. The van der Waals surface area contributed by atoms with Crippen LogP contribution in [0.15, 0.2) is 24.4 Å². The van der Waals surface area contributed by atoms with Crippen LogP contribution >= 0.6 is 0 Å². The van der Waals surface area contributed by atoms with E-state index in [9.17, 15) is 18.0 Å². The number of hydrogen-bond donors (Lipinski definition) is 3. The van der Waals surface area contributed by atoms with Crippen LogP contribution in [0.25, 0.3) is 10.9 Å². The van der Waals surface area contributed by atoms with Gasteiger partial charge in [0.25, 0.3) is 0 Å². The third kappa shape index (κ3) is 7.97. The minimum absolute atomic E-state index is 0.0985. The number of carboxylic acid groups (broad SMARTS) is 2. The number of likely N-dealkylation sites (N-methyl/N-ethyl adjacent to an activating group) is 1. The summed E-state index contributed by atoms with van der Waals surface area (Å²) in [6.45, 7) is 2.31. The molecular weight excluding hydrogens is 422 g/mol. The monoisotopic (exact) mass is 453 g/mol. The highest BCUT2D eigenvalue weighted by molar-refractivity contribution is 7.88. The van der Waals surface area contributed by atoms with Crippen LogP contribution in [0.3, 0.4) is 0 Å². The maximum atomic E-state index is 12.5. The second-order valence-corrected chi connectivity index (χ2v) is 9.87. The van der Waals surface area contributed by atoms with Crippen molar-refractivity contribution in [3.05, 3.63) is 35.5 Å². The van der Waals surface area contributed by atoms with Crippen LogP contribution in [0, 0.1) is 0 Å². The molecule has 0 saturated carbocycles. The fourth-order valence-electron chi connectivity index (χ4n) is 3.35. The summed E-state index contributed by atoms with van der Waals surface area (Å²) < 4.78 is 26.6. The summed E-state index contributed by atoms with van der Waals surface area (Å²) in [4.78, 5) is 24.7. The first-order valence-corrected chi connectivity index (χ1v) is 11.8. The molecule has 31 heavy (non-hydrogen) atoms. The lowest BCUT2D eigenvalue weighted by atomic mass is 10.1. The molecule has 3 rings (SSSR count). The number of nitrogens with one attached hydrogen (secondary N) is 1. The number of sulfonamides is 1. The zero-order valence-electron chi connectivity index (χ0n) is 18.0. The highest BCUT2D eigenvalue weighted by Gasteiger charge is 2.25. The fourth-order valence-corrected chi connectivity index (χ4v) is 4.95. The predicted molar refractivity (Wildman–Crippen MR) is 118 cm³/mol. The van der Waals surface area contributed by atoms with Crippen LogP contribution in [-0.4, -0.2) is 78.5 Å². The van der Waals surface area contributed by atoms with E-state index in [1.807, 2.05) is 24.4 Å². The van der Waals surface area contributed by atoms with Crippen molar-refractivity contribution in [1.29, 1.82) is 0 Å². The van der Waals surface area contributed by atoms with Crippen molar-refractivity contribution in [3.8, 4) is 0 Å². The van der Waals surface area contributed by atoms with E-state index in [1.54, 1.807) is 4.31 Å². The van der Waals surface area contributed by atoms with Gasteiger partial charge in [0.1, 0.15) is 0 Å². The molecule has 0 unspecified atom stereocenters. The molecule has 1 aromatic carbocycles. The normalized spacial score (nSPS) is 14.5. The van der Waals surface area contributed by atoms with Gasteiger partial charge in [0.2, 0.25) is 10.0 Å². The summed E-state index contributed by atoms with van der Waals surface area (Å²) in [6.07, 6.45) is 4.35. The van der Waals surface area contributed by atoms with Gasteiger partial charge in [-0.15, -0.1) is 0 Å². The van der Waals surface area contributed by atoms with Crippen LogP contribution < -0.4 is 0 Å². The number of carboxylic acids is 2. The third-order valence-electron chi connectivity index (χ3n) is 5.02. The third-order valence-corrected chi connectivity index (χ3v) is 6.87. The summed E-state index contributed by atoms with van der Waals surface area (Å²) in [7, 11) is 0.928. The first-order chi connectivity index (χ1) is 14.6. The van der Waals surface area contributed by atoms with Crippen molar-refractivity contribution in [2.75, 3.05) is 33.7 Å². The molecule has 1 fully saturated rings. The minimum atomic E-state index is -3.19. The lowest BCUT2D eigenvalue weighted by Gasteiger charge is -2.15. The second-order valence-electron chi connectivity index (χ2n) is 7.90. The van der Waals surface area contributed by atoms with Crippen LogP contribution in [0.4, 0.5) is 0 Å². The predicted octanol–water partition coefficient (Wildman–Crippen LogP) is 2.13. The van der Waals surface area contributed by atoms with Gasteiger partial charge >= 0.3 is 11.9 Å². The molecule has 0 radical (unpaired) electrons. The van der Waals surface area contributed by atoms with Gasteiger partial charge in [-0.05, 0) is 56.6 Å². The molecule has 9 nitrogen and oxygen atoms in total. The Morgan fingerprint density at radius 1 is 1.10 bits per heavy atom. The molecule has 3 N–H and O–H groups in total. The first kappa shape index (κ1) is 24.8. The maximum Gasteiger partial charge on any atom is 0.303 e. The maximum absolute atomic E-state index is 12.5. The smallest absolute Gasteiger partial charge is 0.303 e. The Bertz CT molecular complexity index is 980. The van der Waals surface area contributed by atoms with Gasteiger partial charge in [0, 0.05) is 36.7 Å². The molecule has 0 amide bonds. The highest BCUT2D eigenvalue weighted by atomic mass is 32.2. The minimum Gasteiger partial charge on any atom is -0.481 e. The lowest BCUT2D eigenvalue weighted by molar-refractivity contribution is -0.143. The Kier molecular flexibility index (Phi) is 9.02. The molecule has 2 aromatic rings. The molecule has 0 atom stereocenters. The molecular formula is C21H31N3O6S. The average Bonchev–Trinajstić information content (AvgIpc) is 3.35. The van der Waals surface area contributed by atoms with E-state index in [0.717, 1.165) is 42.3 Å². The standard InChI is InChI=1S/C17H25N3O2S.C4H6O4/c1-19(2)10-7-15-12-18-17-6-5-14(11-16(15)17)13-23(21,22)20-8-3-4-9-20;5-3(6)1-2-4(7)8/h5-6,11-12,18H,3-4,7-10,13H2,1-2H3;1-2H2,(H,5,6)(H,7,8). The Morgan fingerprint density at radius 3 is 2.26 bits per heavy atom. The summed E-state index contributed by atoms with van der Waals surface area (Å²) in [5.41, 5.74) is 3.19. The topological polar surface area (TPSA) is 131 Å². The van der Waals surface area contributed by atoms with Crippen LogP contribution in [-0.2, 0) is 31.8 Å². The highest BCUT2D eigenvalue weighted by Crippen LogP contribution is 2.23. The lowest BCUT2D eigenvalue weighted by Crippen LogP contribution is -2.29. The number of fused-ring (bicyclic) bond motifs is 1. The van der Waals surface area contributed by atoms with Crippen molar-refractivity contribution >= 4 is 32.9 Å². The van der Waals surface area contributed by atoms with Gasteiger partial charge in [-0.1, -0.05) is 6.07 Å². The molecule has 10 heteroatoms. The molecule has 0 spiro atoms. The van der Waals surface area contributed by atoms with E-state index < -0.39 is 22.0 Å². The van der Waals surface area contributed by atoms with Crippen LogP contribution in [0.1, 0.15) is 36.8 Å². The summed E-state index contributed by atoms with van der Waals surface area (Å²) >= 11 is 0. The van der Waals surface area contributed by atoms with E-state index in [-0.39, 0.29) is 18.6 Å². The number of nitrogens with zero attached hydrogens (tertiary/aromatic N) is 2. The molecule has 1 saturated heterocycles. The number of carbonyl (C=O) groups is 2. The average molecular weight is 454 g/mol. The second kappa shape index (κ2) is 11.3. The summed E-state index contributed by atoms with van der Waals surface area (Å²) in [5, 5.41) is 16.9. The number of aromatic amines is 1. The van der Waals surface area contributed by atoms with Crippen LogP contribution in [0.5, 0.6) is 0 Å². The Balaban J connectivity index is 0.000000366. The van der Waals surface area contributed by atoms with Gasteiger partial charge < -0.3 is 20.1 Å². The molecule has 1 aliphatic heterocycles. The summed E-state index contributed by atoms with van der Waals surface area (Å²) in [6, 6.07) is 5.94. The molecule has 1 aromatic heterocycles. The first-order valence-electron chi connectivity index (χ1n) is 10.2.